The van der Waals surface area contributed by atoms with Crippen molar-refractivity contribution in [2.75, 3.05) is 19.8 Å². The highest BCUT2D eigenvalue weighted by molar-refractivity contribution is 5.85. The van der Waals surface area contributed by atoms with Gasteiger partial charge in [-0.1, -0.05) is 0 Å². The third-order valence-electron chi connectivity index (χ3n) is 2.63. The summed E-state index contributed by atoms with van der Waals surface area (Å²) in [4.78, 5) is 0. The first-order valence-corrected chi connectivity index (χ1v) is 6.20. The van der Waals surface area contributed by atoms with Crippen LogP contribution < -0.4 is 5.32 Å². The van der Waals surface area contributed by atoms with Gasteiger partial charge in [0.05, 0.1) is 5.69 Å². The summed E-state index contributed by atoms with van der Waals surface area (Å²) in [5.74, 6) is -0.220. The van der Waals surface area contributed by atoms with Gasteiger partial charge in [0.1, 0.15) is 0 Å². The van der Waals surface area contributed by atoms with Gasteiger partial charge in [0.2, 0.25) is 5.95 Å². The summed E-state index contributed by atoms with van der Waals surface area (Å²) in [7, 11) is 0. The Balaban J connectivity index is 0.00000289. The second-order valence-corrected chi connectivity index (χ2v) is 3.90. The van der Waals surface area contributed by atoms with Crippen LogP contribution in [0.25, 0.3) is 0 Å². The lowest BCUT2D eigenvalue weighted by atomic mass is 10.2. The number of aromatic nitrogens is 2. The van der Waals surface area contributed by atoms with Gasteiger partial charge in [-0.2, -0.15) is 9.49 Å². The highest BCUT2D eigenvalue weighted by Gasteiger charge is 2.12. The minimum absolute atomic E-state index is 0. The summed E-state index contributed by atoms with van der Waals surface area (Å²) < 4.78 is 20.4. The average Bonchev–Trinajstić information content (AvgIpc) is 2.60. The summed E-state index contributed by atoms with van der Waals surface area (Å²) in [6, 6.07) is 0. The van der Waals surface area contributed by atoms with E-state index in [4.69, 9.17) is 4.74 Å². The van der Waals surface area contributed by atoms with E-state index in [9.17, 15) is 4.39 Å². The maximum atomic E-state index is 13.8. The molecule has 0 aliphatic heterocycles. The first-order valence-electron chi connectivity index (χ1n) is 6.20. The Labute approximate surface area is 114 Å². The molecule has 6 heteroatoms. The number of aryl methyl sites for hydroxylation is 2. The fourth-order valence-corrected chi connectivity index (χ4v) is 1.66. The molecule has 1 aromatic rings. The van der Waals surface area contributed by atoms with Gasteiger partial charge in [-0.3, -0.25) is 0 Å². The number of halogens is 2. The fraction of sp³-hybridized carbons (Fsp3) is 0.750. The van der Waals surface area contributed by atoms with E-state index in [1.807, 2.05) is 20.8 Å². The molecule has 0 saturated heterocycles. The number of nitrogens with zero attached hydrogens (tertiary/aromatic N) is 2. The van der Waals surface area contributed by atoms with Gasteiger partial charge in [0.25, 0.3) is 0 Å². The Kier molecular flexibility index (Phi) is 8.97. The van der Waals surface area contributed by atoms with Crippen LogP contribution in [0.3, 0.4) is 0 Å². The monoisotopic (exact) mass is 279 g/mol. The first-order chi connectivity index (χ1) is 8.20. The Morgan fingerprint density at radius 2 is 2.11 bits per heavy atom. The lowest BCUT2D eigenvalue weighted by Gasteiger charge is -2.04. The highest BCUT2D eigenvalue weighted by Crippen LogP contribution is 2.11. The molecule has 1 heterocycles. The molecule has 0 spiro atoms. The lowest BCUT2D eigenvalue weighted by Crippen LogP contribution is -2.17. The molecule has 0 bridgehead atoms. The summed E-state index contributed by atoms with van der Waals surface area (Å²) in [5, 5.41) is 7.34. The average molecular weight is 280 g/mol. The van der Waals surface area contributed by atoms with Gasteiger partial charge in [-0.15, -0.1) is 12.4 Å². The van der Waals surface area contributed by atoms with Gasteiger partial charge in [0, 0.05) is 31.9 Å². The Bertz CT molecular complexity index is 344. The Morgan fingerprint density at radius 3 is 2.67 bits per heavy atom. The summed E-state index contributed by atoms with van der Waals surface area (Å²) in [6.07, 6.45) is 0.941. The van der Waals surface area contributed by atoms with Crippen molar-refractivity contribution in [1.82, 2.24) is 15.1 Å². The van der Waals surface area contributed by atoms with Crippen LogP contribution in [0, 0.1) is 12.9 Å². The maximum Gasteiger partial charge on any atom is 0.216 e. The van der Waals surface area contributed by atoms with Gasteiger partial charge >= 0.3 is 0 Å². The molecule has 0 aliphatic rings. The molecule has 0 amide bonds. The summed E-state index contributed by atoms with van der Waals surface area (Å²) in [5.41, 5.74) is 1.44. The van der Waals surface area contributed by atoms with Crippen LogP contribution >= 0.6 is 12.4 Å². The Hall–Kier alpha value is -0.650. The van der Waals surface area contributed by atoms with E-state index in [1.165, 1.54) is 4.68 Å². The largest absolute Gasteiger partial charge is 0.382 e. The van der Waals surface area contributed by atoms with Crippen molar-refractivity contribution in [3.05, 3.63) is 17.2 Å². The minimum Gasteiger partial charge on any atom is -0.382 e. The van der Waals surface area contributed by atoms with Crippen LogP contribution in [-0.2, 0) is 17.8 Å². The standard InChI is InChI=1S/C12H22FN3O.ClH/c1-4-16-12(13)11(10(3)15-16)9-14-7-6-8-17-5-2;/h14H,4-9H2,1-3H3;1H. The third kappa shape index (κ3) is 4.92. The van der Waals surface area contributed by atoms with Gasteiger partial charge in [0.15, 0.2) is 0 Å². The second kappa shape index (κ2) is 9.30. The quantitative estimate of drug-likeness (QED) is 0.742. The molecule has 1 rings (SSSR count). The molecule has 0 atom stereocenters. The first kappa shape index (κ1) is 17.4. The molecule has 0 aliphatic carbocycles. The van der Waals surface area contributed by atoms with Crippen LogP contribution in [-0.4, -0.2) is 29.5 Å². The van der Waals surface area contributed by atoms with E-state index in [1.54, 1.807) is 0 Å². The van der Waals surface area contributed by atoms with Gasteiger partial charge in [-0.25, -0.2) is 4.68 Å². The molecule has 0 unspecified atom stereocenters. The Morgan fingerprint density at radius 1 is 1.39 bits per heavy atom. The zero-order valence-electron chi connectivity index (χ0n) is 11.3. The molecule has 0 fully saturated rings. The van der Waals surface area contributed by atoms with Crippen molar-refractivity contribution in [1.29, 1.82) is 0 Å². The van der Waals surface area contributed by atoms with E-state index in [0.717, 1.165) is 31.9 Å². The van der Waals surface area contributed by atoms with Gasteiger partial charge < -0.3 is 10.1 Å². The van der Waals surface area contributed by atoms with E-state index >= 15 is 0 Å². The van der Waals surface area contributed by atoms with Crippen LogP contribution in [0.4, 0.5) is 4.39 Å². The number of ether oxygens (including phenoxy) is 1. The van der Waals surface area contributed by atoms with E-state index in [0.29, 0.717) is 18.7 Å². The molecular weight excluding hydrogens is 257 g/mol. The van der Waals surface area contributed by atoms with Crippen molar-refractivity contribution >= 4 is 12.4 Å². The van der Waals surface area contributed by atoms with Crippen molar-refractivity contribution in [3.8, 4) is 0 Å². The topological polar surface area (TPSA) is 39.1 Å². The molecule has 106 valence electrons. The van der Waals surface area contributed by atoms with Crippen molar-refractivity contribution in [3.63, 3.8) is 0 Å². The summed E-state index contributed by atoms with van der Waals surface area (Å²) >= 11 is 0. The van der Waals surface area contributed by atoms with E-state index in [-0.39, 0.29) is 18.4 Å². The van der Waals surface area contributed by atoms with Crippen LogP contribution in [0.1, 0.15) is 31.5 Å². The third-order valence-corrected chi connectivity index (χ3v) is 2.63. The molecule has 0 aromatic carbocycles. The number of hydrogen-bond acceptors (Lipinski definition) is 3. The molecule has 0 saturated carbocycles. The number of hydrogen-bond donors (Lipinski definition) is 1. The summed E-state index contributed by atoms with van der Waals surface area (Å²) in [6.45, 7) is 9.12. The molecule has 0 radical (unpaired) electrons. The highest BCUT2D eigenvalue weighted by atomic mass is 35.5. The van der Waals surface area contributed by atoms with E-state index in [2.05, 4.69) is 10.4 Å². The van der Waals surface area contributed by atoms with Gasteiger partial charge in [-0.05, 0) is 33.7 Å². The molecule has 1 aromatic heterocycles. The van der Waals surface area contributed by atoms with Crippen molar-refractivity contribution in [2.24, 2.45) is 0 Å². The zero-order chi connectivity index (χ0) is 12.7. The second-order valence-electron chi connectivity index (χ2n) is 3.90. The molecule has 4 nitrogen and oxygen atoms in total. The van der Waals surface area contributed by atoms with Crippen molar-refractivity contribution < 1.29 is 9.13 Å². The van der Waals surface area contributed by atoms with Crippen molar-refractivity contribution in [2.45, 2.75) is 40.3 Å². The molecule has 18 heavy (non-hydrogen) atoms. The SMILES string of the molecule is CCOCCCNCc1c(C)nn(CC)c1F.Cl. The zero-order valence-corrected chi connectivity index (χ0v) is 12.1. The van der Waals surface area contributed by atoms with Crippen LogP contribution in [0.2, 0.25) is 0 Å². The molecular formula is C12H23ClFN3O. The van der Waals surface area contributed by atoms with Crippen LogP contribution in [0.5, 0.6) is 0 Å². The number of rotatable bonds is 8. The minimum atomic E-state index is -0.220. The number of nitrogens with one attached hydrogen (secondary N) is 1. The lowest BCUT2D eigenvalue weighted by molar-refractivity contribution is 0.144. The molecule has 1 N–H and O–H groups in total. The predicted octanol–water partition coefficient (Wildman–Crippen LogP) is 2.29. The smallest absolute Gasteiger partial charge is 0.216 e. The predicted molar refractivity (Wildman–Crippen MR) is 72.7 cm³/mol. The van der Waals surface area contributed by atoms with E-state index < -0.39 is 0 Å². The van der Waals surface area contributed by atoms with Crippen LogP contribution in [0.15, 0.2) is 0 Å². The fourth-order valence-electron chi connectivity index (χ4n) is 1.66. The normalized spacial score (nSPS) is 10.4. The maximum absolute atomic E-state index is 13.8.